The van der Waals surface area contributed by atoms with Gasteiger partial charge in [0.25, 0.3) is 5.91 Å². The normalized spacial score (nSPS) is 16.0. The Kier molecular flexibility index (Phi) is 9.07. The average molecular weight is 687 g/mol. The molecule has 1 aromatic heterocycles. The van der Waals surface area contributed by atoms with Gasteiger partial charge in [-0.3, -0.25) is 14.7 Å². The summed E-state index contributed by atoms with van der Waals surface area (Å²) in [5.74, 6) is 1.18. The molecule has 0 saturated heterocycles. The number of benzene rings is 5. The van der Waals surface area contributed by atoms with Crippen molar-refractivity contribution in [3.8, 4) is 22.5 Å². The molecule has 1 spiro atoms. The summed E-state index contributed by atoms with van der Waals surface area (Å²) in [7, 11) is 0. The summed E-state index contributed by atoms with van der Waals surface area (Å²) >= 11 is 0. The van der Waals surface area contributed by atoms with Gasteiger partial charge < -0.3 is 5.11 Å². The zero-order valence-corrected chi connectivity index (χ0v) is 29.3. The Hall–Kier alpha value is -5.73. The number of hydrogen-bond donors (Lipinski definition) is 1. The highest BCUT2D eigenvalue weighted by atomic mass is 16.3. The molecule has 2 aliphatic rings. The van der Waals surface area contributed by atoms with Crippen LogP contribution < -0.4 is 0 Å². The predicted octanol–water partition coefficient (Wildman–Crippen LogP) is 8.06. The Morgan fingerprint density at radius 1 is 0.731 bits per heavy atom. The Balaban J connectivity index is 1.19. The molecule has 2 heterocycles. The number of nitrogens with zero attached hydrogens (tertiary/aromatic N) is 6. The number of aliphatic imine (C=N–C) groups is 1. The van der Waals surface area contributed by atoms with E-state index in [-0.39, 0.29) is 5.91 Å². The van der Waals surface area contributed by atoms with Crippen LogP contribution in [0.2, 0.25) is 0 Å². The molecule has 52 heavy (non-hydrogen) atoms. The Morgan fingerprint density at radius 2 is 1.27 bits per heavy atom. The summed E-state index contributed by atoms with van der Waals surface area (Å²) in [6.07, 6.45) is 4.12. The summed E-state index contributed by atoms with van der Waals surface area (Å²) in [4.78, 5) is 20.5. The van der Waals surface area contributed by atoms with Gasteiger partial charge in [-0.15, -0.1) is 5.10 Å². The summed E-state index contributed by atoms with van der Waals surface area (Å²) in [5, 5.41) is 24.8. The molecule has 1 aliphatic carbocycles. The molecule has 8 nitrogen and oxygen atoms in total. The van der Waals surface area contributed by atoms with Crippen molar-refractivity contribution in [1.29, 1.82) is 0 Å². The molecular weight excluding hydrogens is 645 g/mol. The van der Waals surface area contributed by atoms with Crippen LogP contribution in [0.4, 0.5) is 0 Å². The van der Waals surface area contributed by atoms with Gasteiger partial charge in [-0.25, -0.2) is 4.68 Å². The van der Waals surface area contributed by atoms with Gasteiger partial charge in [0.15, 0.2) is 5.82 Å². The van der Waals surface area contributed by atoms with E-state index in [2.05, 4.69) is 114 Å². The second kappa shape index (κ2) is 14.1. The summed E-state index contributed by atoms with van der Waals surface area (Å²) in [6, 6.07) is 47.7. The number of aromatic nitrogens is 4. The van der Waals surface area contributed by atoms with Crippen LogP contribution in [0.25, 0.3) is 22.5 Å². The van der Waals surface area contributed by atoms with Gasteiger partial charge in [-0.1, -0.05) is 166 Å². The monoisotopic (exact) mass is 686 g/mol. The summed E-state index contributed by atoms with van der Waals surface area (Å²) in [6.45, 7) is 2.41. The number of rotatable bonds is 11. The molecule has 8 rings (SSSR count). The number of hydrogen-bond acceptors (Lipinski definition) is 6. The van der Waals surface area contributed by atoms with Crippen molar-refractivity contribution in [3.05, 3.63) is 162 Å². The van der Waals surface area contributed by atoms with Gasteiger partial charge in [0.1, 0.15) is 23.0 Å². The lowest BCUT2D eigenvalue weighted by Crippen LogP contribution is -2.43. The second-order valence-electron chi connectivity index (χ2n) is 13.9. The molecule has 8 heteroatoms. The summed E-state index contributed by atoms with van der Waals surface area (Å²) in [5.41, 5.74) is 5.36. The van der Waals surface area contributed by atoms with E-state index in [9.17, 15) is 9.90 Å². The highest BCUT2D eigenvalue weighted by Crippen LogP contribution is 2.44. The molecule has 0 bridgehead atoms. The van der Waals surface area contributed by atoms with Crippen LogP contribution in [0.3, 0.4) is 0 Å². The van der Waals surface area contributed by atoms with Crippen molar-refractivity contribution in [2.75, 3.05) is 0 Å². The van der Waals surface area contributed by atoms with Crippen LogP contribution >= 0.6 is 0 Å². The van der Waals surface area contributed by atoms with Crippen molar-refractivity contribution >= 4 is 11.7 Å². The van der Waals surface area contributed by atoms with Gasteiger partial charge >= 0.3 is 0 Å². The molecule has 1 atom stereocenters. The van der Waals surface area contributed by atoms with Crippen molar-refractivity contribution < 1.29 is 9.90 Å². The second-order valence-corrected chi connectivity index (χ2v) is 13.9. The number of carbonyl (C=O) groups is 1. The first kappa shape index (κ1) is 33.4. The Morgan fingerprint density at radius 3 is 1.83 bits per heavy atom. The molecule has 5 aromatic carbocycles. The molecule has 1 fully saturated rings. The number of amidine groups is 1. The maximum atomic E-state index is 13.8. The lowest BCUT2D eigenvalue weighted by molar-refractivity contribution is -0.131. The lowest BCUT2D eigenvalue weighted by atomic mass is 9.77. The van der Waals surface area contributed by atoms with Gasteiger partial charge in [0, 0.05) is 5.56 Å². The fraction of sp³-hybridized carbons (Fsp3) is 0.250. The maximum absolute atomic E-state index is 13.8. The minimum atomic E-state index is -0.875. The molecule has 0 radical (unpaired) electrons. The van der Waals surface area contributed by atoms with Gasteiger partial charge in [0.2, 0.25) is 0 Å². The first-order valence-corrected chi connectivity index (χ1v) is 18.3. The van der Waals surface area contributed by atoms with Crippen molar-refractivity contribution in [1.82, 2.24) is 25.1 Å². The highest BCUT2D eigenvalue weighted by molar-refractivity contribution is 6.10. The molecule has 1 N–H and O–H groups in total. The fourth-order valence-electron chi connectivity index (χ4n) is 8.17. The van der Waals surface area contributed by atoms with Gasteiger partial charge in [-0.2, -0.15) is 0 Å². The van der Waals surface area contributed by atoms with E-state index in [1.165, 1.54) is 0 Å². The van der Waals surface area contributed by atoms with Gasteiger partial charge in [0.05, 0.1) is 6.54 Å². The van der Waals surface area contributed by atoms with Crippen LogP contribution in [0.5, 0.6) is 0 Å². The fourth-order valence-corrected chi connectivity index (χ4v) is 8.17. The highest BCUT2D eigenvalue weighted by Gasteiger charge is 2.50. The van der Waals surface area contributed by atoms with E-state index >= 15 is 0 Å². The van der Waals surface area contributed by atoms with E-state index in [0.29, 0.717) is 24.6 Å². The van der Waals surface area contributed by atoms with E-state index in [1.54, 1.807) is 4.90 Å². The maximum Gasteiger partial charge on any atom is 0.256 e. The van der Waals surface area contributed by atoms with E-state index < -0.39 is 17.2 Å². The van der Waals surface area contributed by atoms with E-state index in [1.807, 2.05) is 41.9 Å². The molecule has 1 unspecified atom stereocenters. The van der Waals surface area contributed by atoms with Crippen molar-refractivity contribution in [3.63, 3.8) is 0 Å². The van der Waals surface area contributed by atoms with Crippen LogP contribution in [-0.4, -0.2) is 53.6 Å². The third kappa shape index (κ3) is 5.73. The zero-order valence-electron chi connectivity index (χ0n) is 29.3. The van der Waals surface area contributed by atoms with Crippen LogP contribution in [0.1, 0.15) is 67.7 Å². The van der Waals surface area contributed by atoms with Gasteiger partial charge in [-0.05, 0) is 63.1 Å². The Labute approximate surface area is 304 Å². The molecular formula is C44H42N6O2. The van der Waals surface area contributed by atoms with E-state index in [0.717, 1.165) is 71.0 Å². The predicted molar refractivity (Wildman–Crippen MR) is 203 cm³/mol. The third-order valence-electron chi connectivity index (χ3n) is 10.7. The number of carbonyl (C=O) groups excluding carboxylic acids is 1. The molecule has 1 amide bonds. The Bertz CT molecular complexity index is 2080. The standard InChI is InChI=1S/C44H42N6O2/c1-2-16-39(51)41-45-43(29-14-15-30-43)42(52)49(41)31-32-25-27-33(28-26-32)37-23-12-13-24-38(37)40-46-47-48-50(40)44(34-17-6-3-7-18-34,35-19-8-4-9-20-35)36-21-10-5-11-22-36/h3-13,17-28,39,51H,2,14-16,29-31H2,1H3. The molecule has 260 valence electrons. The lowest BCUT2D eigenvalue weighted by Gasteiger charge is -2.36. The number of amides is 1. The van der Waals surface area contributed by atoms with E-state index in [4.69, 9.17) is 15.3 Å². The van der Waals surface area contributed by atoms with Crippen LogP contribution in [0.15, 0.2) is 145 Å². The minimum Gasteiger partial charge on any atom is -0.385 e. The van der Waals surface area contributed by atoms with Crippen LogP contribution in [-0.2, 0) is 16.9 Å². The number of tetrazole rings is 1. The zero-order chi connectivity index (χ0) is 35.5. The molecule has 1 saturated carbocycles. The quantitative estimate of drug-likeness (QED) is 0.139. The average Bonchev–Trinajstić information content (AvgIpc) is 3.95. The smallest absolute Gasteiger partial charge is 0.256 e. The van der Waals surface area contributed by atoms with Crippen molar-refractivity contribution in [2.24, 2.45) is 4.99 Å². The van der Waals surface area contributed by atoms with Crippen molar-refractivity contribution in [2.45, 2.75) is 69.2 Å². The topological polar surface area (TPSA) is 96.5 Å². The number of aliphatic hydroxyl groups excluding tert-OH is 1. The molecule has 1 aliphatic heterocycles. The first-order chi connectivity index (χ1) is 25.5. The third-order valence-corrected chi connectivity index (χ3v) is 10.7. The minimum absolute atomic E-state index is 0.0233. The van der Waals surface area contributed by atoms with Crippen LogP contribution in [0, 0.1) is 0 Å². The first-order valence-electron chi connectivity index (χ1n) is 18.3. The SMILES string of the molecule is CCCC(O)C1=NC2(CCCC2)C(=O)N1Cc1ccc(-c2ccccc2-c2nnnn2C(c2ccccc2)(c2ccccc2)c2ccccc2)cc1. The molecule has 6 aromatic rings. The summed E-state index contributed by atoms with van der Waals surface area (Å²) < 4.78 is 1.96. The number of aliphatic hydroxyl groups is 1. The largest absolute Gasteiger partial charge is 0.385 e.